The standard InChI is InChI=1S/C29H39N3O4/c1-8-9-20(28(33)36-29(2,3)4)18-10-13-23-22(16-18)21-12-15-26(31-27(21)32(23)5)30-19-11-14-24(34-6)25(17-19)35-7/h11-12,14-15,17-18,20H,8-10,13,16H2,1-7H3,(H,30,31). The Kier molecular flexibility index (Phi) is 7.48. The molecule has 2 unspecified atom stereocenters. The number of nitrogens with one attached hydrogen (secondary N) is 1. The second-order valence-electron chi connectivity index (χ2n) is 10.7. The zero-order valence-corrected chi connectivity index (χ0v) is 22.6. The number of carbonyl (C=O) groups is 1. The van der Waals surface area contributed by atoms with Crippen molar-refractivity contribution in [3.8, 4) is 11.5 Å². The van der Waals surface area contributed by atoms with Crippen LogP contribution in [0.4, 0.5) is 11.5 Å². The van der Waals surface area contributed by atoms with Crippen LogP contribution in [-0.2, 0) is 29.4 Å². The number of anilines is 2. The Morgan fingerprint density at radius 2 is 1.92 bits per heavy atom. The summed E-state index contributed by atoms with van der Waals surface area (Å²) in [5, 5.41) is 4.55. The number of pyridine rings is 1. The maximum absolute atomic E-state index is 13.1. The molecule has 7 nitrogen and oxygen atoms in total. The molecule has 1 aliphatic carbocycles. The number of hydrogen-bond acceptors (Lipinski definition) is 6. The van der Waals surface area contributed by atoms with E-state index >= 15 is 0 Å². The van der Waals surface area contributed by atoms with Gasteiger partial charge in [-0.3, -0.25) is 4.79 Å². The first-order valence-corrected chi connectivity index (χ1v) is 12.8. The average molecular weight is 494 g/mol. The number of nitrogens with zero attached hydrogens (tertiary/aromatic N) is 2. The molecule has 0 radical (unpaired) electrons. The van der Waals surface area contributed by atoms with Crippen LogP contribution in [-0.4, -0.2) is 35.3 Å². The molecular weight excluding hydrogens is 454 g/mol. The normalized spacial score (nSPS) is 16.4. The van der Waals surface area contributed by atoms with Gasteiger partial charge >= 0.3 is 5.97 Å². The summed E-state index contributed by atoms with van der Waals surface area (Å²) in [5.41, 5.74) is 3.99. The molecule has 0 amide bonds. The van der Waals surface area contributed by atoms with Crippen LogP contribution in [0.2, 0.25) is 0 Å². The van der Waals surface area contributed by atoms with Gasteiger partial charge in [0.25, 0.3) is 0 Å². The molecule has 0 saturated heterocycles. The smallest absolute Gasteiger partial charge is 0.309 e. The largest absolute Gasteiger partial charge is 0.493 e. The summed E-state index contributed by atoms with van der Waals surface area (Å²) in [6, 6.07) is 9.88. The third kappa shape index (κ3) is 5.30. The number of aromatic nitrogens is 2. The van der Waals surface area contributed by atoms with Crippen molar-refractivity contribution in [3.05, 3.63) is 41.6 Å². The minimum Gasteiger partial charge on any atom is -0.493 e. The summed E-state index contributed by atoms with van der Waals surface area (Å²) in [7, 11) is 5.34. The molecule has 2 aromatic heterocycles. The number of esters is 1. The lowest BCUT2D eigenvalue weighted by Gasteiger charge is -2.31. The quantitative estimate of drug-likeness (QED) is 0.377. The van der Waals surface area contributed by atoms with Gasteiger partial charge in [-0.25, -0.2) is 4.98 Å². The van der Waals surface area contributed by atoms with Gasteiger partial charge in [0.05, 0.1) is 20.1 Å². The number of carbonyl (C=O) groups excluding carboxylic acids is 1. The maximum Gasteiger partial charge on any atom is 0.309 e. The predicted molar refractivity (Wildman–Crippen MR) is 143 cm³/mol. The fourth-order valence-corrected chi connectivity index (χ4v) is 5.37. The Labute approximate surface area is 214 Å². The van der Waals surface area contributed by atoms with Gasteiger partial charge in [-0.1, -0.05) is 13.3 Å². The molecule has 2 atom stereocenters. The summed E-state index contributed by atoms with van der Waals surface area (Å²) in [4.78, 5) is 18.0. The van der Waals surface area contributed by atoms with Gasteiger partial charge in [0, 0.05) is 29.9 Å². The monoisotopic (exact) mass is 493 g/mol. The van der Waals surface area contributed by atoms with Crippen LogP contribution in [0.1, 0.15) is 58.2 Å². The highest BCUT2D eigenvalue weighted by Gasteiger charge is 2.35. The van der Waals surface area contributed by atoms with Gasteiger partial charge in [-0.2, -0.15) is 0 Å². The van der Waals surface area contributed by atoms with Crippen LogP contribution < -0.4 is 14.8 Å². The van der Waals surface area contributed by atoms with Crippen molar-refractivity contribution in [1.29, 1.82) is 0 Å². The van der Waals surface area contributed by atoms with E-state index in [1.807, 2.05) is 45.0 Å². The second kappa shape index (κ2) is 10.4. The molecule has 0 saturated carbocycles. The van der Waals surface area contributed by atoms with Gasteiger partial charge in [-0.05, 0) is 82.2 Å². The Morgan fingerprint density at radius 1 is 1.17 bits per heavy atom. The van der Waals surface area contributed by atoms with E-state index in [4.69, 9.17) is 19.2 Å². The number of aryl methyl sites for hydroxylation is 1. The molecule has 4 rings (SSSR count). The van der Waals surface area contributed by atoms with Crippen LogP contribution >= 0.6 is 0 Å². The second-order valence-corrected chi connectivity index (χ2v) is 10.7. The average Bonchev–Trinajstić information content (AvgIpc) is 3.12. The van der Waals surface area contributed by atoms with Gasteiger partial charge in [0.15, 0.2) is 11.5 Å². The molecule has 0 spiro atoms. The van der Waals surface area contributed by atoms with Crippen molar-refractivity contribution in [1.82, 2.24) is 9.55 Å². The number of hydrogen-bond donors (Lipinski definition) is 1. The number of benzene rings is 1. The van der Waals surface area contributed by atoms with Crippen LogP contribution in [0.5, 0.6) is 11.5 Å². The van der Waals surface area contributed by atoms with Crippen molar-refractivity contribution in [2.75, 3.05) is 19.5 Å². The van der Waals surface area contributed by atoms with E-state index in [0.717, 1.165) is 54.6 Å². The lowest BCUT2D eigenvalue weighted by Crippen LogP contribution is -2.34. The van der Waals surface area contributed by atoms with Gasteiger partial charge in [0.1, 0.15) is 17.1 Å². The topological polar surface area (TPSA) is 74.6 Å². The van der Waals surface area contributed by atoms with E-state index in [2.05, 4.69) is 29.9 Å². The van der Waals surface area contributed by atoms with E-state index < -0.39 is 5.60 Å². The zero-order chi connectivity index (χ0) is 26.0. The summed E-state index contributed by atoms with van der Waals surface area (Å²) in [5.74, 6) is 2.26. The van der Waals surface area contributed by atoms with Crippen molar-refractivity contribution in [2.24, 2.45) is 18.9 Å². The van der Waals surface area contributed by atoms with Crippen molar-refractivity contribution < 1.29 is 19.0 Å². The highest BCUT2D eigenvalue weighted by molar-refractivity contribution is 5.85. The van der Waals surface area contributed by atoms with Crippen LogP contribution in [0.15, 0.2) is 30.3 Å². The molecular formula is C29H39N3O4. The third-order valence-corrected chi connectivity index (χ3v) is 7.02. The lowest BCUT2D eigenvalue weighted by molar-refractivity contribution is -0.162. The van der Waals surface area contributed by atoms with Crippen LogP contribution in [0.3, 0.4) is 0 Å². The summed E-state index contributed by atoms with van der Waals surface area (Å²) in [6.07, 6.45) is 4.62. The maximum atomic E-state index is 13.1. The first kappa shape index (κ1) is 25.9. The minimum atomic E-state index is -0.469. The highest BCUT2D eigenvalue weighted by Crippen LogP contribution is 2.39. The van der Waals surface area contributed by atoms with Crippen molar-refractivity contribution >= 4 is 28.5 Å². The predicted octanol–water partition coefficient (Wildman–Crippen LogP) is 6.20. The zero-order valence-electron chi connectivity index (χ0n) is 22.6. The highest BCUT2D eigenvalue weighted by atomic mass is 16.6. The van der Waals surface area contributed by atoms with E-state index in [-0.39, 0.29) is 17.8 Å². The Morgan fingerprint density at radius 3 is 2.58 bits per heavy atom. The lowest BCUT2D eigenvalue weighted by atomic mass is 9.76. The Bertz CT molecular complexity index is 1240. The SMILES string of the molecule is CCCC(C(=O)OC(C)(C)C)C1CCc2c(c3ccc(Nc4ccc(OC)c(OC)c4)nc3n2C)C1. The summed E-state index contributed by atoms with van der Waals surface area (Å²) >= 11 is 0. The van der Waals surface area contributed by atoms with Gasteiger partial charge < -0.3 is 24.1 Å². The molecule has 7 heteroatoms. The number of fused-ring (bicyclic) bond motifs is 3. The molecule has 3 aromatic rings. The third-order valence-electron chi connectivity index (χ3n) is 7.02. The summed E-state index contributed by atoms with van der Waals surface area (Å²) < 4.78 is 18.8. The molecule has 36 heavy (non-hydrogen) atoms. The molecule has 0 bridgehead atoms. The molecule has 194 valence electrons. The first-order chi connectivity index (χ1) is 17.1. The summed E-state index contributed by atoms with van der Waals surface area (Å²) in [6.45, 7) is 7.96. The number of rotatable bonds is 8. The molecule has 2 heterocycles. The van der Waals surface area contributed by atoms with Crippen molar-refractivity contribution in [3.63, 3.8) is 0 Å². The first-order valence-electron chi connectivity index (χ1n) is 12.8. The molecule has 0 aliphatic heterocycles. The molecule has 1 N–H and O–H groups in total. The fourth-order valence-electron chi connectivity index (χ4n) is 5.37. The molecule has 1 aromatic carbocycles. The molecule has 0 fully saturated rings. The Hall–Kier alpha value is -3.22. The Balaban J connectivity index is 1.60. The number of methoxy groups -OCH3 is 2. The van der Waals surface area contributed by atoms with E-state index in [1.165, 1.54) is 11.3 Å². The van der Waals surface area contributed by atoms with Crippen LogP contribution in [0, 0.1) is 11.8 Å². The van der Waals surface area contributed by atoms with Gasteiger partial charge in [-0.15, -0.1) is 0 Å². The number of ether oxygens (including phenoxy) is 3. The van der Waals surface area contributed by atoms with E-state index in [9.17, 15) is 4.79 Å². The molecule has 1 aliphatic rings. The van der Waals surface area contributed by atoms with E-state index in [0.29, 0.717) is 11.5 Å². The minimum absolute atomic E-state index is 0.0578. The van der Waals surface area contributed by atoms with Gasteiger partial charge in [0.2, 0.25) is 0 Å². The van der Waals surface area contributed by atoms with E-state index in [1.54, 1.807) is 14.2 Å². The van der Waals surface area contributed by atoms with Crippen molar-refractivity contribution in [2.45, 2.75) is 65.4 Å². The fraction of sp³-hybridized carbons (Fsp3) is 0.517. The van der Waals surface area contributed by atoms with Crippen LogP contribution in [0.25, 0.3) is 11.0 Å².